The van der Waals surface area contributed by atoms with Crippen LogP contribution in [-0.4, -0.2) is 47.0 Å². The van der Waals surface area contributed by atoms with Gasteiger partial charge in [-0.1, -0.05) is 29.3 Å². The molecule has 2 aliphatic heterocycles. The highest BCUT2D eigenvalue weighted by Crippen LogP contribution is 2.40. The molecule has 2 amide bonds. The number of halogens is 2. The van der Waals surface area contributed by atoms with Gasteiger partial charge in [-0.2, -0.15) is 0 Å². The van der Waals surface area contributed by atoms with E-state index in [0.717, 1.165) is 31.5 Å². The second kappa shape index (κ2) is 6.69. The second-order valence-electron chi connectivity index (χ2n) is 5.45. The number of likely N-dealkylation sites (tertiary alicyclic amines) is 1. The van der Waals surface area contributed by atoms with Crippen LogP contribution in [0.5, 0.6) is 0 Å². The van der Waals surface area contributed by atoms with Crippen LogP contribution in [0.4, 0.5) is 0 Å². The van der Waals surface area contributed by atoms with Gasteiger partial charge in [0.1, 0.15) is 11.9 Å². The monoisotopic (exact) mass is 358 g/mol. The maximum atomic E-state index is 12.3. The fourth-order valence-corrected chi connectivity index (χ4v) is 4.26. The van der Waals surface area contributed by atoms with Crippen LogP contribution in [-0.2, 0) is 9.59 Å². The third-order valence-electron chi connectivity index (χ3n) is 3.96. The van der Waals surface area contributed by atoms with Gasteiger partial charge >= 0.3 is 0 Å². The standard InChI is InChI=1S/C15H16Cl2N2O2S/c16-11-4-3-10(7-12(11)17)15-19(14(21)9-22-15)8-13(20)18-5-1-2-6-18/h3-4,7,15H,1-2,5-6,8-9H2/t15-/m1/s1. The number of rotatable bonds is 3. The summed E-state index contributed by atoms with van der Waals surface area (Å²) < 4.78 is 0. The lowest BCUT2D eigenvalue weighted by molar-refractivity contribution is -0.138. The van der Waals surface area contributed by atoms with E-state index in [2.05, 4.69) is 0 Å². The lowest BCUT2D eigenvalue weighted by Gasteiger charge is -2.26. The summed E-state index contributed by atoms with van der Waals surface area (Å²) in [5.41, 5.74) is 0.902. The van der Waals surface area contributed by atoms with Crippen molar-refractivity contribution in [3.63, 3.8) is 0 Å². The van der Waals surface area contributed by atoms with Gasteiger partial charge in [-0.15, -0.1) is 11.8 Å². The Morgan fingerprint density at radius 1 is 1.23 bits per heavy atom. The first-order valence-electron chi connectivity index (χ1n) is 7.20. The minimum atomic E-state index is -0.172. The van der Waals surface area contributed by atoms with Crippen molar-refractivity contribution in [2.75, 3.05) is 25.4 Å². The van der Waals surface area contributed by atoms with Crippen LogP contribution in [0.1, 0.15) is 23.8 Å². The van der Waals surface area contributed by atoms with Crippen molar-refractivity contribution < 1.29 is 9.59 Å². The molecule has 22 heavy (non-hydrogen) atoms. The first-order chi connectivity index (χ1) is 10.6. The molecule has 0 aromatic heterocycles. The van der Waals surface area contributed by atoms with Crippen LogP contribution in [0.25, 0.3) is 0 Å². The topological polar surface area (TPSA) is 40.6 Å². The van der Waals surface area contributed by atoms with Gasteiger partial charge in [-0.05, 0) is 30.5 Å². The van der Waals surface area contributed by atoms with Gasteiger partial charge in [0.05, 0.1) is 15.8 Å². The molecule has 3 rings (SSSR count). The number of thioether (sulfide) groups is 1. The Hall–Kier alpha value is -0.910. The molecule has 2 saturated heterocycles. The van der Waals surface area contributed by atoms with Crippen LogP contribution in [0.2, 0.25) is 10.0 Å². The summed E-state index contributed by atoms with van der Waals surface area (Å²) in [7, 11) is 0. The second-order valence-corrected chi connectivity index (χ2v) is 7.33. The molecular formula is C15H16Cl2N2O2S. The highest BCUT2D eigenvalue weighted by Gasteiger charge is 2.35. The highest BCUT2D eigenvalue weighted by atomic mass is 35.5. The van der Waals surface area contributed by atoms with Crippen LogP contribution in [0.15, 0.2) is 18.2 Å². The van der Waals surface area contributed by atoms with E-state index in [9.17, 15) is 9.59 Å². The van der Waals surface area contributed by atoms with Gasteiger partial charge in [0.25, 0.3) is 0 Å². The number of benzene rings is 1. The third kappa shape index (κ3) is 3.21. The highest BCUT2D eigenvalue weighted by molar-refractivity contribution is 8.00. The first kappa shape index (κ1) is 16.0. The average molecular weight is 359 g/mol. The van der Waals surface area contributed by atoms with Gasteiger partial charge in [0, 0.05) is 13.1 Å². The van der Waals surface area contributed by atoms with Crippen LogP contribution >= 0.6 is 35.0 Å². The SMILES string of the molecule is O=C(CN1C(=O)CS[C@@H]1c1ccc(Cl)c(Cl)c1)N1CCCC1. The van der Waals surface area contributed by atoms with Crippen LogP contribution in [0, 0.1) is 0 Å². The van der Waals surface area contributed by atoms with Crippen molar-refractivity contribution in [2.45, 2.75) is 18.2 Å². The van der Waals surface area contributed by atoms with E-state index >= 15 is 0 Å². The predicted octanol–water partition coefficient (Wildman–Crippen LogP) is 3.19. The van der Waals surface area contributed by atoms with Gasteiger partial charge in [0.15, 0.2) is 0 Å². The summed E-state index contributed by atoms with van der Waals surface area (Å²) in [6.45, 7) is 1.73. The molecule has 0 spiro atoms. The number of carbonyl (C=O) groups excluding carboxylic acids is 2. The van der Waals surface area contributed by atoms with Crippen molar-refractivity contribution in [3.05, 3.63) is 33.8 Å². The maximum Gasteiger partial charge on any atom is 0.242 e. The fourth-order valence-electron chi connectivity index (χ4n) is 2.78. The molecule has 118 valence electrons. The summed E-state index contributed by atoms with van der Waals surface area (Å²) in [5, 5.41) is 0.776. The molecule has 7 heteroatoms. The summed E-state index contributed by atoms with van der Waals surface area (Å²) in [6, 6.07) is 5.36. The molecule has 2 aliphatic rings. The zero-order valence-corrected chi connectivity index (χ0v) is 14.3. The van der Waals surface area contributed by atoms with E-state index in [1.807, 2.05) is 11.0 Å². The molecule has 1 aromatic carbocycles. The number of carbonyl (C=O) groups is 2. The lowest BCUT2D eigenvalue weighted by Crippen LogP contribution is -2.40. The molecule has 0 radical (unpaired) electrons. The molecule has 2 heterocycles. The number of hydrogen-bond acceptors (Lipinski definition) is 3. The molecule has 0 saturated carbocycles. The minimum absolute atomic E-state index is 0.00591. The number of nitrogens with zero attached hydrogens (tertiary/aromatic N) is 2. The summed E-state index contributed by atoms with van der Waals surface area (Å²) >= 11 is 13.5. The Labute approximate surface area is 143 Å². The van der Waals surface area contributed by atoms with E-state index in [0.29, 0.717) is 15.8 Å². The predicted molar refractivity (Wildman–Crippen MR) is 89.2 cm³/mol. The fraction of sp³-hybridized carbons (Fsp3) is 0.467. The van der Waals surface area contributed by atoms with Gasteiger partial charge in [0.2, 0.25) is 11.8 Å². The van der Waals surface area contributed by atoms with Crippen molar-refractivity contribution in [1.82, 2.24) is 9.80 Å². The number of hydrogen-bond donors (Lipinski definition) is 0. The van der Waals surface area contributed by atoms with E-state index in [4.69, 9.17) is 23.2 Å². The Morgan fingerprint density at radius 2 is 1.95 bits per heavy atom. The molecule has 1 atom stereocenters. The van der Waals surface area contributed by atoms with Crippen LogP contribution in [0.3, 0.4) is 0 Å². The zero-order valence-electron chi connectivity index (χ0n) is 11.9. The van der Waals surface area contributed by atoms with Crippen molar-refractivity contribution in [1.29, 1.82) is 0 Å². The lowest BCUT2D eigenvalue weighted by atomic mass is 10.2. The largest absolute Gasteiger partial charge is 0.341 e. The third-order valence-corrected chi connectivity index (χ3v) is 5.96. The Morgan fingerprint density at radius 3 is 2.64 bits per heavy atom. The molecule has 0 aliphatic carbocycles. The summed E-state index contributed by atoms with van der Waals surface area (Å²) in [4.78, 5) is 27.9. The molecular weight excluding hydrogens is 343 g/mol. The molecule has 4 nitrogen and oxygen atoms in total. The minimum Gasteiger partial charge on any atom is -0.341 e. The van der Waals surface area contributed by atoms with Gasteiger partial charge in [-0.3, -0.25) is 9.59 Å². The van der Waals surface area contributed by atoms with Crippen molar-refractivity contribution in [3.8, 4) is 0 Å². The average Bonchev–Trinajstić information content (AvgIpc) is 3.13. The Kier molecular flexibility index (Phi) is 4.85. The van der Waals surface area contributed by atoms with E-state index in [-0.39, 0.29) is 23.7 Å². The first-order valence-corrected chi connectivity index (χ1v) is 9.00. The normalized spacial score (nSPS) is 21.7. The molecule has 2 fully saturated rings. The molecule has 0 unspecified atom stereocenters. The van der Waals surface area contributed by atoms with E-state index in [1.165, 1.54) is 11.8 Å². The summed E-state index contributed by atoms with van der Waals surface area (Å²) in [6.07, 6.45) is 2.09. The number of amides is 2. The van der Waals surface area contributed by atoms with Gasteiger partial charge < -0.3 is 9.80 Å². The Bertz CT molecular complexity index is 605. The molecule has 0 bridgehead atoms. The van der Waals surface area contributed by atoms with E-state index in [1.54, 1.807) is 17.0 Å². The van der Waals surface area contributed by atoms with Gasteiger partial charge in [-0.25, -0.2) is 0 Å². The zero-order chi connectivity index (χ0) is 15.7. The summed E-state index contributed by atoms with van der Waals surface area (Å²) in [5.74, 6) is 0.407. The van der Waals surface area contributed by atoms with Crippen LogP contribution < -0.4 is 0 Å². The quantitative estimate of drug-likeness (QED) is 0.832. The van der Waals surface area contributed by atoms with Crippen molar-refractivity contribution in [2.24, 2.45) is 0 Å². The molecule has 1 aromatic rings. The molecule has 0 N–H and O–H groups in total. The maximum absolute atomic E-state index is 12.3. The van der Waals surface area contributed by atoms with E-state index < -0.39 is 0 Å². The Balaban J connectivity index is 1.76. The smallest absolute Gasteiger partial charge is 0.242 e. The van der Waals surface area contributed by atoms with Crippen molar-refractivity contribution >= 4 is 46.8 Å².